The fraction of sp³-hybridized carbons (Fsp3) is 0.586. The van der Waals surface area contributed by atoms with Crippen molar-refractivity contribution in [2.75, 3.05) is 19.7 Å². The number of oxazole rings is 1. The van der Waals surface area contributed by atoms with Crippen LogP contribution in [0.2, 0.25) is 0 Å². The van der Waals surface area contributed by atoms with Crippen molar-refractivity contribution >= 4 is 17.8 Å². The van der Waals surface area contributed by atoms with Crippen molar-refractivity contribution in [2.45, 2.75) is 77.3 Å². The van der Waals surface area contributed by atoms with Crippen molar-refractivity contribution in [3.8, 4) is 0 Å². The summed E-state index contributed by atoms with van der Waals surface area (Å²) in [5.41, 5.74) is 0.658. The largest absolute Gasteiger partial charge is 0.460 e. The Morgan fingerprint density at radius 3 is 2.75 bits per heavy atom. The average molecular weight is 562 g/mol. The van der Waals surface area contributed by atoms with Crippen LogP contribution in [0.3, 0.4) is 0 Å². The van der Waals surface area contributed by atoms with Gasteiger partial charge in [0.2, 0.25) is 5.91 Å². The summed E-state index contributed by atoms with van der Waals surface area (Å²) in [7, 11) is 0. The van der Waals surface area contributed by atoms with E-state index in [1.54, 1.807) is 25.2 Å². The van der Waals surface area contributed by atoms with Gasteiger partial charge >= 0.3 is 5.97 Å². The molecule has 5 unspecified atom stereocenters. The number of aliphatic hydroxyl groups is 2. The maximum Gasteiger partial charge on any atom is 0.329 e. The Labute approximate surface area is 234 Å². The molecule has 2 aliphatic rings. The van der Waals surface area contributed by atoms with Crippen LogP contribution in [0.1, 0.15) is 62.8 Å². The Kier molecular flexibility index (Phi) is 11.6. The highest BCUT2D eigenvalue weighted by Gasteiger charge is 2.39. The third-order valence-electron chi connectivity index (χ3n) is 6.97. The monoisotopic (exact) mass is 561 g/mol. The molecule has 0 radical (unpaired) electrons. The van der Waals surface area contributed by atoms with Crippen molar-refractivity contribution in [3.63, 3.8) is 0 Å². The normalized spacial score (nSPS) is 30.7. The van der Waals surface area contributed by atoms with Crippen LogP contribution < -0.4 is 5.32 Å². The number of halogens is 1. The maximum atomic E-state index is 14.6. The predicted octanol–water partition coefficient (Wildman–Crippen LogP) is 2.67. The van der Waals surface area contributed by atoms with Crippen LogP contribution in [-0.2, 0) is 20.7 Å². The lowest BCUT2D eigenvalue weighted by molar-refractivity contribution is -0.158. The molecule has 1 aromatic rings. The van der Waals surface area contributed by atoms with Crippen LogP contribution in [-0.4, -0.2) is 82.0 Å². The lowest BCUT2D eigenvalue weighted by Crippen LogP contribution is -2.44. The van der Waals surface area contributed by atoms with Crippen LogP contribution >= 0.6 is 0 Å². The summed E-state index contributed by atoms with van der Waals surface area (Å²) < 4.78 is 25.9. The summed E-state index contributed by atoms with van der Waals surface area (Å²) in [4.78, 5) is 44.5. The lowest BCUT2D eigenvalue weighted by Gasteiger charge is -2.30. The number of hydrogen-bond donors (Lipinski definition) is 3. The first-order valence-corrected chi connectivity index (χ1v) is 13.8. The molecular weight excluding hydrogens is 521 g/mol. The van der Waals surface area contributed by atoms with Crippen LogP contribution in [0.4, 0.5) is 4.39 Å². The number of aromatic nitrogens is 1. The highest BCUT2D eigenvalue weighted by Crippen LogP contribution is 2.27. The Hall–Kier alpha value is -3.31. The van der Waals surface area contributed by atoms with E-state index in [2.05, 4.69) is 10.3 Å². The molecule has 0 spiro atoms. The van der Waals surface area contributed by atoms with Crippen molar-refractivity contribution in [1.82, 2.24) is 15.2 Å². The van der Waals surface area contributed by atoms with Gasteiger partial charge in [0.1, 0.15) is 24.6 Å². The van der Waals surface area contributed by atoms with E-state index in [9.17, 15) is 29.0 Å². The minimum atomic E-state index is -1.47. The summed E-state index contributed by atoms with van der Waals surface area (Å²) in [6.07, 6.45) is 6.77. The van der Waals surface area contributed by atoms with E-state index >= 15 is 0 Å². The number of fused-ring (bicyclic) bond motifs is 3. The van der Waals surface area contributed by atoms with Gasteiger partial charge in [-0.3, -0.25) is 9.59 Å². The van der Waals surface area contributed by atoms with E-state index in [0.29, 0.717) is 25.0 Å². The highest BCUT2D eigenvalue weighted by atomic mass is 19.1. The van der Waals surface area contributed by atoms with Gasteiger partial charge in [-0.2, -0.15) is 0 Å². The van der Waals surface area contributed by atoms with Crippen LogP contribution in [0.5, 0.6) is 0 Å². The first-order chi connectivity index (χ1) is 19.1. The van der Waals surface area contributed by atoms with Crippen molar-refractivity contribution in [1.29, 1.82) is 0 Å². The number of carbonyl (C=O) groups excluding carboxylic acids is 3. The standard InChI is InChI=1S/C29H40FN3O7/c1-18(2)27-20(10-13-34)8-9-25(36)31-11-4-6-19(3)14-22(35)15-21(30)16-26-32-23(17-39-26)28(37)33-12-5-7-24(33)29(38)40-27/h4,6,8-9,14,17-18,20-22,24,27,34-35H,5,7,10-13,15-16H2,1-3H3,(H,31,36)/b6-4+,9-8+,19-14+. The minimum Gasteiger partial charge on any atom is -0.460 e. The molecule has 2 amide bonds. The van der Waals surface area contributed by atoms with Gasteiger partial charge in [0.05, 0.1) is 12.5 Å². The Morgan fingerprint density at radius 1 is 1.25 bits per heavy atom. The van der Waals surface area contributed by atoms with Gasteiger partial charge in [-0.25, -0.2) is 14.2 Å². The number of cyclic esters (lactones) is 1. The van der Waals surface area contributed by atoms with Crippen molar-refractivity contribution in [3.05, 3.63) is 53.8 Å². The van der Waals surface area contributed by atoms with Crippen LogP contribution in [0, 0.1) is 11.8 Å². The number of amides is 2. The number of hydrogen-bond acceptors (Lipinski definition) is 8. The van der Waals surface area contributed by atoms with Gasteiger partial charge in [0.15, 0.2) is 11.6 Å². The van der Waals surface area contributed by atoms with Crippen LogP contribution in [0.25, 0.3) is 0 Å². The number of nitrogens with one attached hydrogen (secondary N) is 1. The van der Waals surface area contributed by atoms with E-state index in [1.807, 2.05) is 13.8 Å². The molecule has 2 bridgehead atoms. The van der Waals surface area contributed by atoms with Gasteiger partial charge < -0.3 is 29.6 Å². The molecule has 220 valence electrons. The molecule has 0 aromatic carbocycles. The second-order valence-electron chi connectivity index (χ2n) is 10.6. The molecule has 1 saturated heterocycles. The minimum absolute atomic E-state index is 0.0228. The van der Waals surface area contributed by atoms with Gasteiger partial charge in [-0.05, 0) is 38.2 Å². The molecule has 10 nitrogen and oxygen atoms in total. The molecule has 40 heavy (non-hydrogen) atoms. The van der Waals surface area contributed by atoms with E-state index in [1.165, 1.54) is 17.1 Å². The summed E-state index contributed by atoms with van der Waals surface area (Å²) in [6, 6.07) is -0.830. The van der Waals surface area contributed by atoms with Crippen molar-refractivity contribution in [2.24, 2.45) is 11.8 Å². The summed E-state index contributed by atoms with van der Waals surface area (Å²) in [5, 5.41) is 22.6. The van der Waals surface area contributed by atoms with Crippen molar-refractivity contribution < 1.29 is 38.1 Å². The topological polar surface area (TPSA) is 142 Å². The highest BCUT2D eigenvalue weighted by molar-refractivity contribution is 5.95. The summed E-state index contributed by atoms with van der Waals surface area (Å²) in [6.45, 7) is 5.90. The SMILES string of the molecule is CC1=C\C(O)CC(F)Cc2nc(co2)C(=O)N2CCCC2C(=O)OC(C(C)C)C(CCO)/C=C/C(=O)NC\C=C\1. The number of rotatable bonds is 3. The summed E-state index contributed by atoms with van der Waals surface area (Å²) >= 11 is 0. The molecule has 0 aliphatic carbocycles. The third-order valence-corrected chi connectivity index (χ3v) is 6.97. The Morgan fingerprint density at radius 2 is 2.02 bits per heavy atom. The molecular formula is C29H40FN3O7. The number of carbonyl (C=O) groups is 3. The van der Waals surface area contributed by atoms with Gasteiger partial charge in [0, 0.05) is 32.0 Å². The smallest absolute Gasteiger partial charge is 0.329 e. The second-order valence-corrected chi connectivity index (χ2v) is 10.6. The molecule has 5 atom stereocenters. The third kappa shape index (κ3) is 8.85. The first-order valence-electron chi connectivity index (χ1n) is 13.8. The Balaban J connectivity index is 1.89. The quantitative estimate of drug-likeness (QED) is 0.478. The molecule has 3 rings (SSSR count). The molecule has 0 saturated carbocycles. The Bertz CT molecular complexity index is 1110. The number of nitrogens with zero attached hydrogens (tertiary/aromatic N) is 2. The molecule has 1 fully saturated rings. The van der Waals surface area contributed by atoms with E-state index < -0.39 is 42.2 Å². The molecule has 2 aliphatic heterocycles. The zero-order chi connectivity index (χ0) is 29.2. The fourth-order valence-corrected chi connectivity index (χ4v) is 4.99. The molecule has 3 heterocycles. The predicted molar refractivity (Wildman–Crippen MR) is 145 cm³/mol. The molecule has 3 N–H and O–H groups in total. The number of esters is 1. The van der Waals surface area contributed by atoms with Gasteiger partial charge in [-0.1, -0.05) is 43.7 Å². The zero-order valence-corrected chi connectivity index (χ0v) is 23.3. The number of ether oxygens (including phenoxy) is 1. The first kappa shape index (κ1) is 31.2. The molecule has 11 heteroatoms. The van der Waals surface area contributed by atoms with E-state index in [0.717, 1.165) is 6.26 Å². The maximum absolute atomic E-state index is 14.6. The van der Waals surface area contributed by atoms with Gasteiger partial charge in [-0.15, -0.1) is 0 Å². The average Bonchev–Trinajstić information content (AvgIpc) is 3.56. The molecule has 1 aromatic heterocycles. The number of allylic oxidation sites excluding steroid dienone is 2. The fourth-order valence-electron chi connectivity index (χ4n) is 4.99. The van der Waals surface area contributed by atoms with Crippen LogP contribution in [0.15, 0.2) is 46.6 Å². The van der Waals surface area contributed by atoms with E-state index in [-0.39, 0.29) is 55.8 Å². The summed E-state index contributed by atoms with van der Waals surface area (Å²) in [5.74, 6) is -1.99. The number of aliphatic hydroxyl groups excluding tert-OH is 2. The lowest BCUT2D eigenvalue weighted by atomic mass is 9.90. The second kappa shape index (κ2) is 14.9. The zero-order valence-electron chi connectivity index (χ0n) is 23.3. The number of alkyl halides is 1. The van der Waals surface area contributed by atoms with E-state index in [4.69, 9.17) is 9.15 Å². The van der Waals surface area contributed by atoms with Gasteiger partial charge in [0.25, 0.3) is 5.91 Å².